The first-order chi connectivity index (χ1) is 35.9. The molecule has 2 saturated carbocycles. The molecule has 5 heterocycles. The van der Waals surface area contributed by atoms with Gasteiger partial charge in [-0.15, -0.1) is 0 Å². The summed E-state index contributed by atoms with van der Waals surface area (Å²) in [6, 6.07) is 12.4. The molecule has 2 saturated heterocycles. The van der Waals surface area contributed by atoms with Gasteiger partial charge in [-0.1, -0.05) is 12.1 Å². The van der Waals surface area contributed by atoms with Crippen molar-refractivity contribution in [3.8, 4) is 11.5 Å². The summed E-state index contributed by atoms with van der Waals surface area (Å²) in [6.07, 6.45) is 7.79. The molecule has 4 N–H and O–H groups in total. The van der Waals surface area contributed by atoms with Gasteiger partial charge in [0.2, 0.25) is 10.9 Å². The number of ether oxygens (including phenoxy) is 3. The molecule has 0 spiro atoms. The predicted molar refractivity (Wildman–Crippen MR) is 268 cm³/mol. The number of pyridine rings is 2. The predicted octanol–water partition coefficient (Wildman–Crippen LogP) is 9.19. The third-order valence-electron chi connectivity index (χ3n) is 13.3. The molecule has 4 fully saturated rings. The summed E-state index contributed by atoms with van der Waals surface area (Å²) in [4.78, 5) is 76.0. The Bertz CT molecular complexity index is 3210. The minimum absolute atomic E-state index is 0.0120. The molecule has 3 aliphatic heterocycles. The normalized spacial score (nSPS) is 16.4. The first-order valence-electron chi connectivity index (χ1n) is 24.2. The van der Waals surface area contributed by atoms with Gasteiger partial charge in [0.25, 0.3) is 11.8 Å². The molecule has 3 aromatic carbocycles. The number of aromatic carboxylic acids is 1. The van der Waals surface area contributed by atoms with Crippen LogP contribution < -0.4 is 36.3 Å². The molecule has 23 heteroatoms. The zero-order chi connectivity index (χ0) is 53.8. The Morgan fingerprint density at radius 1 is 0.733 bits per heavy atom. The van der Waals surface area contributed by atoms with Crippen LogP contribution >= 0.6 is 15.9 Å². The van der Waals surface area contributed by atoms with E-state index in [-0.39, 0.29) is 82.3 Å². The number of piperidine rings is 2. The standard InChI is InChI=1S/C21H22F3N3O4.C16H14BrF2NO4.C15H15FN2O2/c22-15(9-25)11-5-7-26(8-6-11)16-4-3-13-17(19(16)31-21(23)24)27(12-1-2-12)10-14(18(13)28)20(29)30;1-2-23-15(22)10-7-20(8-3-4-8)12-9(13(10)21)5-6-11(17)14(12)24-16(18)19;16-13(10-5-7-17-8-6-10)9-18-14(19)11-3-1-2-4-12(11)15(18)20/h3-4,10,12,21H,1-2,5-9,25H2,(H,29,30);5-8,16H,2-4H2,1H3;1-4,17H,5-9H2. The van der Waals surface area contributed by atoms with Crippen LogP contribution in [0.25, 0.3) is 21.8 Å². The first kappa shape index (κ1) is 54.3. The van der Waals surface area contributed by atoms with E-state index in [0.717, 1.165) is 43.7 Å². The molecular formula is C52H51BrF6N6O10. The van der Waals surface area contributed by atoms with E-state index < -0.39 is 53.4 Å². The van der Waals surface area contributed by atoms with Crippen LogP contribution in [-0.2, 0) is 4.74 Å². The number of nitrogens with zero attached hydrogens (tertiary/aromatic N) is 4. The number of rotatable bonds is 13. The molecule has 398 valence electrons. The van der Waals surface area contributed by atoms with E-state index in [2.05, 4.69) is 26.0 Å². The van der Waals surface area contributed by atoms with Crippen LogP contribution in [0.1, 0.15) is 112 Å². The van der Waals surface area contributed by atoms with Crippen LogP contribution in [0.15, 0.2) is 97.8 Å². The van der Waals surface area contributed by atoms with Crippen molar-refractivity contribution < 1.29 is 64.8 Å². The number of carboxylic acids is 1. The van der Waals surface area contributed by atoms with Crippen molar-refractivity contribution in [1.82, 2.24) is 19.4 Å². The van der Waals surface area contributed by atoms with Crippen molar-refractivity contribution in [2.75, 3.05) is 50.8 Å². The number of imide groups is 1. The lowest BCUT2D eigenvalue weighted by Crippen LogP contribution is -2.32. The van der Waals surface area contributed by atoms with E-state index in [1.165, 1.54) is 36.7 Å². The zero-order valence-electron chi connectivity index (χ0n) is 40.3. The summed E-state index contributed by atoms with van der Waals surface area (Å²) in [7, 11) is 0. The first-order valence-corrected chi connectivity index (χ1v) is 25.0. The van der Waals surface area contributed by atoms with Crippen LogP contribution in [0.3, 0.4) is 0 Å². The van der Waals surface area contributed by atoms with Gasteiger partial charge in [0.15, 0.2) is 11.5 Å². The Morgan fingerprint density at radius 2 is 1.24 bits per heavy atom. The average molecular weight is 1110 g/mol. The molecule has 0 radical (unpaired) electrons. The largest absolute Gasteiger partial charge is 0.477 e. The lowest BCUT2D eigenvalue weighted by atomic mass is 10.0. The number of fused-ring (bicyclic) bond motifs is 3. The van der Waals surface area contributed by atoms with Crippen LogP contribution in [0.4, 0.5) is 32.0 Å². The number of carbonyl (C=O) groups is 4. The van der Waals surface area contributed by atoms with Crippen LogP contribution in [0.5, 0.6) is 11.5 Å². The van der Waals surface area contributed by atoms with Crippen LogP contribution in [0, 0.1) is 0 Å². The summed E-state index contributed by atoms with van der Waals surface area (Å²) in [5, 5.41) is 12.7. The molecule has 0 unspecified atom stereocenters. The van der Waals surface area contributed by atoms with E-state index in [9.17, 15) is 60.2 Å². The number of amides is 2. The second kappa shape index (κ2) is 23.3. The maximum absolute atomic E-state index is 14.2. The quantitative estimate of drug-likeness (QED) is 0.0572. The second-order valence-corrected chi connectivity index (χ2v) is 18.9. The number of nitrogens with one attached hydrogen (secondary N) is 1. The number of carbonyl (C=O) groups excluding carboxylic acids is 3. The Balaban J connectivity index is 0.000000153. The molecular weight excluding hydrogens is 1060 g/mol. The highest BCUT2D eigenvalue weighted by atomic mass is 79.9. The number of anilines is 1. The van der Waals surface area contributed by atoms with Crippen LogP contribution in [-0.4, -0.2) is 102 Å². The minimum Gasteiger partial charge on any atom is -0.477 e. The van der Waals surface area contributed by atoms with Crippen molar-refractivity contribution in [3.63, 3.8) is 0 Å². The van der Waals surface area contributed by atoms with Gasteiger partial charge in [-0.05, 0) is 135 Å². The summed E-state index contributed by atoms with van der Waals surface area (Å²) < 4.78 is 98.3. The lowest BCUT2D eigenvalue weighted by molar-refractivity contribution is -0.0499. The second-order valence-electron chi connectivity index (χ2n) is 18.1. The molecule has 5 aliphatic rings. The van der Waals surface area contributed by atoms with E-state index in [1.54, 1.807) is 45.2 Å². The molecule has 0 atom stereocenters. The maximum Gasteiger partial charge on any atom is 0.387 e. The Hall–Kier alpha value is -6.98. The van der Waals surface area contributed by atoms with Gasteiger partial charge in [0.1, 0.15) is 22.8 Å². The monoisotopic (exact) mass is 1110 g/mol. The topological polar surface area (TPSA) is 205 Å². The SMILES string of the molecule is CCOC(=O)c1cn(C2CC2)c2c(OC(F)F)c(Br)ccc2c1=O.NCC(F)=C1CCN(c2ccc3c(=O)c(C(=O)O)cn(C4CC4)c3c2OC(F)F)CC1.O=C1c2ccccc2C(=O)N1CC(F)=C1CCNCC1. The smallest absolute Gasteiger partial charge is 0.387 e. The fourth-order valence-corrected chi connectivity index (χ4v) is 9.72. The summed E-state index contributed by atoms with van der Waals surface area (Å²) >= 11 is 3.18. The van der Waals surface area contributed by atoms with E-state index in [1.807, 2.05) is 0 Å². The van der Waals surface area contributed by atoms with Crippen LogP contribution in [0.2, 0.25) is 0 Å². The highest BCUT2D eigenvalue weighted by Gasteiger charge is 2.37. The molecule has 2 aromatic heterocycles. The molecule has 75 heavy (non-hydrogen) atoms. The summed E-state index contributed by atoms with van der Waals surface area (Å²) in [5.74, 6) is -3.89. The number of benzene rings is 3. The zero-order valence-corrected chi connectivity index (χ0v) is 41.9. The maximum atomic E-state index is 14.2. The van der Waals surface area contributed by atoms with Crippen molar-refractivity contribution >= 4 is 67.2 Å². The number of hydrogen-bond donors (Lipinski definition) is 3. The molecule has 10 rings (SSSR count). The van der Waals surface area contributed by atoms with Gasteiger partial charge in [-0.2, -0.15) is 17.6 Å². The fourth-order valence-electron chi connectivity index (χ4n) is 9.31. The highest BCUT2D eigenvalue weighted by molar-refractivity contribution is 9.10. The van der Waals surface area contributed by atoms with Crippen molar-refractivity contribution in [2.24, 2.45) is 5.73 Å². The number of alkyl halides is 4. The average Bonchev–Trinajstić information content (AvgIpc) is 4.36. The van der Waals surface area contributed by atoms with E-state index >= 15 is 0 Å². The molecule has 2 amide bonds. The molecule has 5 aromatic rings. The summed E-state index contributed by atoms with van der Waals surface area (Å²) in [5.41, 5.74) is 6.33. The van der Waals surface area contributed by atoms with Gasteiger partial charge in [-0.3, -0.25) is 24.1 Å². The van der Waals surface area contributed by atoms with Crippen molar-refractivity contribution in [1.29, 1.82) is 0 Å². The number of hydrogen-bond acceptors (Lipinski definition) is 12. The minimum atomic E-state index is -3.14. The van der Waals surface area contributed by atoms with E-state index in [0.29, 0.717) is 71.2 Å². The number of nitrogens with two attached hydrogens (primary N) is 1. The number of aromatic nitrogens is 2. The lowest BCUT2D eigenvalue weighted by Gasteiger charge is -2.32. The third kappa shape index (κ3) is 11.8. The fraction of sp³-hybridized carbons (Fsp3) is 0.385. The molecule has 2 aliphatic carbocycles. The van der Waals surface area contributed by atoms with Crippen molar-refractivity contribution in [3.05, 3.63) is 131 Å². The highest BCUT2D eigenvalue weighted by Crippen LogP contribution is 2.45. The Morgan fingerprint density at radius 3 is 1.76 bits per heavy atom. The van der Waals surface area contributed by atoms with Gasteiger partial charge >= 0.3 is 25.2 Å². The van der Waals surface area contributed by atoms with Gasteiger partial charge < -0.3 is 44.4 Å². The molecule has 16 nitrogen and oxygen atoms in total. The summed E-state index contributed by atoms with van der Waals surface area (Å²) in [6.45, 7) is -2.59. The van der Waals surface area contributed by atoms with Gasteiger partial charge in [-0.25, -0.2) is 18.4 Å². The van der Waals surface area contributed by atoms with Gasteiger partial charge in [0, 0.05) is 44.1 Å². The van der Waals surface area contributed by atoms with Crippen molar-refractivity contribution in [2.45, 2.75) is 83.6 Å². The third-order valence-corrected chi connectivity index (χ3v) is 13.9. The van der Waals surface area contributed by atoms with Gasteiger partial charge in [0.05, 0.1) is 56.2 Å². The Labute approximate surface area is 432 Å². The molecule has 0 bridgehead atoms. The van der Waals surface area contributed by atoms with E-state index in [4.69, 9.17) is 15.2 Å². The number of esters is 1. The number of halogens is 7. The Kier molecular flexibility index (Phi) is 16.8. The number of carboxylic acid groups (broad SMARTS) is 1.